The minimum absolute atomic E-state index is 0.0935. The summed E-state index contributed by atoms with van der Waals surface area (Å²) in [5.74, 6) is -2.32. The van der Waals surface area contributed by atoms with Crippen LogP contribution in [0.1, 0.15) is 95.4 Å². The Kier molecular flexibility index (Phi) is 15.1. The van der Waals surface area contributed by atoms with E-state index in [4.69, 9.17) is 28.8 Å². The van der Waals surface area contributed by atoms with Crippen LogP contribution in [0, 0.1) is 17.8 Å². The van der Waals surface area contributed by atoms with Gasteiger partial charge in [0.15, 0.2) is 0 Å². The molecule has 0 bridgehead atoms. The number of alkyl carbamates (subject to hydrolysis) is 3. The van der Waals surface area contributed by atoms with Gasteiger partial charge in [0.25, 0.3) is 0 Å². The lowest BCUT2D eigenvalue weighted by molar-refractivity contribution is -0.148. The van der Waals surface area contributed by atoms with E-state index in [0.29, 0.717) is 19.3 Å². The molecule has 3 aliphatic rings. The van der Waals surface area contributed by atoms with E-state index >= 15 is 0 Å². The van der Waals surface area contributed by atoms with Crippen LogP contribution in [0.2, 0.25) is 0 Å². The molecule has 0 heterocycles. The topological polar surface area (TPSA) is 205 Å². The van der Waals surface area contributed by atoms with Crippen LogP contribution in [0.15, 0.2) is 38.0 Å². The maximum Gasteiger partial charge on any atom is 0.408 e. The Morgan fingerprint density at radius 2 is 0.827 bits per heavy atom. The number of amides is 3. The first-order chi connectivity index (χ1) is 23.7. The highest BCUT2D eigenvalue weighted by molar-refractivity contribution is 5.91. The Morgan fingerprint density at radius 1 is 0.577 bits per heavy atom. The molecular weight excluding hydrogens is 678 g/mol. The van der Waals surface area contributed by atoms with Crippen LogP contribution in [0.5, 0.6) is 0 Å². The maximum atomic E-state index is 11.9. The number of rotatable bonds is 11. The number of nitrogens with one attached hydrogen (secondary N) is 3. The average molecular weight is 738 g/mol. The van der Waals surface area contributed by atoms with Crippen molar-refractivity contribution in [2.45, 2.75) is 129 Å². The highest BCUT2D eigenvalue weighted by atomic mass is 16.6. The third-order valence-electron chi connectivity index (χ3n) is 7.73. The first kappa shape index (κ1) is 45.5. The number of hydrogen-bond acceptors (Lipinski definition) is 11. The minimum Gasteiger partial charge on any atom is -0.479 e. The lowest BCUT2D eigenvalue weighted by atomic mass is 10.2. The molecule has 3 rings (SSSR count). The maximum absolute atomic E-state index is 11.9. The summed E-state index contributed by atoms with van der Waals surface area (Å²) in [6.45, 7) is 30.6. The summed E-state index contributed by atoms with van der Waals surface area (Å²) in [5, 5.41) is 16.6. The van der Waals surface area contributed by atoms with Gasteiger partial charge in [-0.2, -0.15) is 0 Å². The molecule has 2 unspecified atom stereocenters. The summed E-state index contributed by atoms with van der Waals surface area (Å²) >= 11 is 0. The molecule has 294 valence electrons. The highest BCUT2D eigenvalue weighted by Crippen LogP contribution is 2.47. The van der Waals surface area contributed by atoms with Crippen LogP contribution >= 0.6 is 0 Å². The molecule has 0 aromatic carbocycles. The monoisotopic (exact) mass is 737 g/mol. The number of carboxylic acid groups (broad SMARTS) is 1. The molecule has 0 spiro atoms. The van der Waals surface area contributed by atoms with E-state index in [1.165, 1.54) is 6.08 Å². The summed E-state index contributed by atoms with van der Waals surface area (Å²) in [6.07, 6.45) is 4.28. The second-order valence-corrected chi connectivity index (χ2v) is 15.7. The van der Waals surface area contributed by atoms with E-state index in [2.05, 4.69) is 35.7 Å². The van der Waals surface area contributed by atoms with Crippen molar-refractivity contribution in [3.8, 4) is 0 Å². The summed E-state index contributed by atoms with van der Waals surface area (Å²) in [4.78, 5) is 69.6. The molecule has 6 atom stereocenters. The Morgan fingerprint density at radius 3 is 1.02 bits per heavy atom. The number of aliphatic carboxylic acids is 1. The second kappa shape index (κ2) is 17.3. The van der Waals surface area contributed by atoms with E-state index in [0.717, 1.165) is 0 Å². The van der Waals surface area contributed by atoms with Gasteiger partial charge < -0.3 is 44.7 Å². The molecule has 15 heteroatoms. The van der Waals surface area contributed by atoms with Crippen molar-refractivity contribution in [1.29, 1.82) is 0 Å². The van der Waals surface area contributed by atoms with Crippen LogP contribution < -0.4 is 16.0 Å². The van der Waals surface area contributed by atoms with E-state index in [-0.39, 0.29) is 31.0 Å². The van der Waals surface area contributed by atoms with Crippen LogP contribution in [0.3, 0.4) is 0 Å². The molecule has 4 N–H and O–H groups in total. The van der Waals surface area contributed by atoms with Gasteiger partial charge in [0.1, 0.15) is 33.4 Å². The van der Waals surface area contributed by atoms with Gasteiger partial charge in [0, 0.05) is 17.8 Å². The molecule has 0 radical (unpaired) electrons. The lowest BCUT2D eigenvalue weighted by Gasteiger charge is -2.23. The van der Waals surface area contributed by atoms with Gasteiger partial charge in [-0.15, -0.1) is 19.7 Å². The molecule has 3 aliphatic carbocycles. The molecule has 52 heavy (non-hydrogen) atoms. The Labute approximate surface area is 307 Å². The van der Waals surface area contributed by atoms with E-state index in [1.807, 2.05) is 0 Å². The van der Waals surface area contributed by atoms with E-state index in [1.54, 1.807) is 88.3 Å². The number of carbonyl (C=O) groups excluding carboxylic acids is 5. The summed E-state index contributed by atoms with van der Waals surface area (Å²) in [5.41, 5.74) is -5.02. The van der Waals surface area contributed by atoms with Crippen molar-refractivity contribution in [3.63, 3.8) is 0 Å². The van der Waals surface area contributed by atoms with Crippen LogP contribution in [-0.4, -0.2) is 87.9 Å². The fourth-order valence-corrected chi connectivity index (χ4v) is 5.00. The van der Waals surface area contributed by atoms with Crippen molar-refractivity contribution in [1.82, 2.24) is 16.0 Å². The third-order valence-corrected chi connectivity index (χ3v) is 7.73. The predicted octanol–water partition coefficient (Wildman–Crippen LogP) is 5.58. The zero-order chi connectivity index (χ0) is 40.5. The number of hydrogen-bond donors (Lipinski definition) is 4. The van der Waals surface area contributed by atoms with E-state index < -0.39 is 69.6 Å². The molecule has 0 aromatic heterocycles. The fourth-order valence-electron chi connectivity index (χ4n) is 5.00. The van der Waals surface area contributed by atoms with Gasteiger partial charge in [0.2, 0.25) is 0 Å². The summed E-state index contributed by atoms with van der Waals surface area (Å²) in [7, 11) is 0. The number of carboxylic acids is 1. The van der Waals surface area contributed by atoms with Gasteiger partial charge >= 0.3 is 36.2 Å². The van der Waals surface area contributed by atoms with Crippen molar-refractivity contribution in [2.75, 3.05) is 13.2 Å². The molecule has 0 saturated heterocycles. The minimum atomic E-state index is -1.22. The van der Waals surface area contributed by atoms with Gasteiger partial charge in [-0.1, -0.05) is 18.2 Å². The Balaban J connectivity index is 0.000000391. The molecule has 0 aromatic rings. The van der Waals surface area contributed by atoms with Gasteiger partial charge in [0.05, 0.1) is 13.2 Å². The molecule has 3 saturated carbocycles. The number of carbonyl (C=O) groups is 6. The van der Waals surface area contributed by atoms with Gasteiger partial charge in [-0.3, -0.25) is 0 Å². The average Bonchev–Trinajstić information content (AvgIpc) is 3.90. The van der Waals surface area contributed by atoms with Gasteiger partial charge in [-0.05, 0) is 95.4 Å². The zero-order valence-corrected chi connectivity index (χ0v) is 32.6. The lowest BCUT2D eigenvalue weighted by Crippen LogP contribution is -2.47. The standard InChI is InChI=1S/2C13H21NO4.C11H17NO4/c2*1-6-9-8-13(9,10(15)17-7-2)14-11(16)18-12(3,4)5;1-5-7-6-11(7,8(13)14)12-9(15)16-10(2,3)4/h2*6,9H,1,7-8H2,2-5H3,(H,14,16);5,7H,1,6H2,2-4H3,(H,12,15)(H,13,14)/t9-,13-;;7-,11-/m1.0/s1. The summed E-state index contributed by atoms with van der Waals surface area (Å²) in [6, 6.07) is 0. The first-order valence-electron chi connectivity index (χ1n) is 17.2. The van der Waals surface area contributed by atoms with Crippen molar-refractivity contribution >= 4 is 36.2 Å². The number of ether oxygens (including phenoxy) is 5. The van der Waals surface area contributed by atoms with Crippen molar-refractivity contribution in [2.24, 2.45) is 17.8 Å². The Hall–Kier alpha value is -4.56. The summed E-state index contributed by atoms with van der Waals surface area (Å²) < 4.78 is 25.2. The molecule has 3 fully saturated rings. The second-order valence-electron chi connectivity index (χ2n) is 15.7. The van der Waals surface area contributed by atoms with Crippen LogP contribution in [-0.2, 0) is 38.1 Å². The number of esters is 2. The normalized spacial score (nSPS) is 26.7. The fraction of sp³-hybridized carbons (Fsp3) is 0.676. The molecule has 15 nitrogen and oxygen atoms in total. The molecular formula is C37H59N3O12. The zero-order valence-electron chi connectivity index (χ0n) is 32.6. The van der Waals surface area contributed by atoms with Crippen molar-refractivity contribution < 1.29 is 57.6 Å². The smallest absolute Gasteiger partial charge is 0.408 e. The van der Waals surface area contributed by atoms with Crippen LogP contribution in [0.4, 0.5) is 14.4 Å². The Bertz CT molecular complexity index is 1300. The van der Waals surface area contributed by atoms with E-state index in [9.17, 15) is 28.8 Å². The van der Waals surface area contributed by atoms with Crippen molar-refractivity contribution in [3.05, 3.63) is 38.0 Å². The predicted molar refractivity (Wildman–Crippen MR) is 192 cm³/mol. The quantitative estimate of drug-likeness (QED) is 0.117. The highest BCUT2D eigenvalue weighted by Gasteiger charge is 2.63. The van der Waals surface area contributed by atoms with Gasteiger partial charge in [-0.25, -0.2) is 28.8 Å². The SMILES string of the molecule is C=CC1CC1(NC(=O)OC(C)(C)C)C(=O)OCC.C=C[C@@H]1C[C@]1(NC(=O)OC(C)(C)C)C(=O)OCC.C=C[C@H]1C[C@@]1(NC(=O)OC(C)(C)C)C(=O)O. The van der Waals surface area contributed by atoms with Crippen LogP contribution in [0.25, 0.3) is 0 Å². The molecule has 0 aliphatic heterocycles. The third kappa shape index (κ3) is 13.2. The molecule has 3 amide bonds. The first-order valence-corrected chi connectivity index (χ1v) is 17.2. The largest absolute Gasteiger partial charge is 0.479 e.